The average molecular weight is 249 g/mol. The fourth-order valence-corrected chi connectivity index (χ4v) is 2.17. The maximum Gasteiger partial charge on any atom is 0.123 e. The first-order valence-corrected chi connectivity index (χ1v) is 6.93. The number of ether oxygens (including phenoxy) is 2. The minimum atomic E-state index is 0.269. The SMILES string of the molecule is CCNCc1ccccc1OCC1CCCCO1. The standard InChI is InChI=1S/C15H23NO2/c1-2-16-11-13-7-3-4-9-15(13)18-12-14-8-5-6-10-17-14/h3-4,7,9,14,16H,2,5-6,8,10-12H2,1H3. The predicted octanol–water partition coefficient (Wildman–Crippen LogP) is 2.74. The molecule has 0 radical (unpaired) electrons. The molecule has 1 aromatic carbocycles. The van der Waals surface area contributed by atoms with Crippen LogP contribution in [0.4, 0.5) is 0 Å². The van der Waals surface area contributed by atoms with Crippen molar-refractivity contribution in [2.24, 2.45) is 0 Å². The summed E-state index contributed by atoms with van der Waals surface area (Å²) in [6.07, 6.45) is 3.83. The molecule has 1 heterocycles. The van der Waals surface area contributed by atoms with Gasteiger partial charge in [0.1, 0.15) is 12.4 Å². The number of hydrogen-bond donors (Lipinski definition) is 1. The largest absolute Gasteiger partial charge is 0.491 e. The first-order chi connectivity index (χ1) is 8.90. The van der Waals surface area contributed by atoms with E-state index in [4.69, 9.17) is 9.47 Å². The van der Waals surface area contributed by atoms with Crippen LogP contribution in [0.3, 0.4) is 0 Å². The van der Waals surface area contributed by atoms with E-state index in [1.165, 1.54) is 18.4 Å². The number of para-hydroxylation sites is 1. The number of rotatable bonds is 6. The van der Waals surface area contributed by atoms with Crippen molar-refractivity contribution in [2.45, 2.75) is 38.8 Å². The zero-order chi connectivity index (χ0) is 12.6. The van der Waals surface area contributed by atoms with E-state index in [1.807, 2.05) is 12.1 Å². The highest BCUT2D eigenvalue weighted by atomic mass is 16.5. The normalized spacial score (nSPS) is 19.7. The summed E-state index contributed by atoms with van der Waals surface area (Å²) in [5.74, 6) is 0.979. The van der Waals surface area contributed by atoms with Crippen LogP contribution in [0, 0.1) is 0 Å². The molecule has 0 spiro atoms. The highest BCUT2D eigenvalue weighted by molar-refractivity contribution is 5.33. The molecular weight excluding hydrogens is 226 g/mol. The number of hydrogen-bond acceptors (Lipinski definition) is 3. The Morgan fingerprint density at radius 2 is 2.22 bits per heavy atom. The van der Waals surface area contributed by atoms with Gasteiger partial charge in [-0.2, -0.15) is 0 Å². The third kappa shape index (κ3) is 4.00. The van der Waals surface area contributed by atoms with Crippen molar-refractivity contribution >= 4 is 0 Å². The van der Waals surface area contributed by atoms with Gasteiger partial charge in [0.2, 0.25) is 0 Å². The van der Waals surface area contributed by atoms with Crippen LogP contribution in [0.2, 0.25) is 0 Å². The molecule has 1 aromatic rings. The van der Waals surface area contributed by atoms with E-state index in [-0.39, 0.29) is 6.10 Å². The Balaban J connectivity index is 1.87. The summed E-state index contributed by atoms with van der Waals surface area (Å²) in [4.78, 5) is 0. The monoisotopic (exact) mass is 249 g/mol. The molecule has 0 aliphatic carbocycles. The summed E-state index contributed by atoms with van der Waals surface area (Å²) >= 11 is 0. The summed E-state index contributed by atoms with van der Waals surface area (Å²) in [5, 5.41) is 3.33. The van der Waals surface area contributed by atoms with E-state index in [2.05, 4.69) is 24.4 Å². The van der Waals surface area contributed by atoms with Gasteiger partial charge in [0.15, 0.2) is 0 Å². The molecular formula is C15H23NO2. The second kappa shape index (κ2) is 7.39. The lowest BCUT2D eigenvalue weighted by atomic mass is 10.1. The van der Waals surface area contributed by atoms with Crippen molar-refractivity contribution in [2.75, 3.05) is 19.8 Å². The molecule has 1 saturated heterocycles. The third-order valence-electron chi connectivity index (χ3n) is 3.24. The first kappa shape index (κ1) is 13.4. The van der Waals surface area contributed by atoms with Crippen molar-refractivity contribution in [3.05, 3.63) is 29.8 Å². The lowest BCUT2D eigenvalue weighted by molar-refractivity contribution is -0.0112. The zero-order valence-corrected chi connectivity index (χ0v) is 11.2. The van der Waals surface area contributed by atoms with Gasteiger partial charge in [-0.3, -0.25) is 0 Å². The first-order valence-electron chi connectivity index (χ1n) is 6.93. The molecule has 3 nitrogen and oxygen atoms in total. The Labute approximate surface area is 109 Å². The lowest BCUT2D eigenvalue weighted by Crippen LogP contribution is -2.26. The lowest BCUT2D eigenvalue weighted by Gasteiger charge is -2.23. The molecule has 0 aromatic heterocycles. The molecule has 1 N–H and O–H groups in total. The summed E-state index contributed by atoms with van der Waals surface area (Å²) in [7, 11) is 0. The fourth-order valence-electron chi connectivity index (χ4n) is 2.17. The predicted molar refractivity (Wildman–Crippen MR) is 72.9 cm³/mol. The van der Waals surface area contributed by atoms with Gasteiger partial charge in [0.25, 0.3) is 0 Å². The van der Waals surface area contributed by atoms with Crippen molar-refractivity contribution in [3.63, 3.8) is 0 Å². The molecule has 100 valence electrons. The summed E-state index contributed by atoms with van der Waals surface area (Å²) in [6.45, 7) is 5.49. The van der Waals surface area contributed by atoms with Crippen molar-refractivity contribution in [1.29, 1.82) is 0 Å². The van der Waals surface area contributed by atoms with Gasteiger partial charge < -0.3 is 14.8 Å². The summed E-state index contributed by atoms with van der Waals surface area (Å²) in [6, 6.07) is 8.22. The van der Waals surface area contributed by atoms with Gasteiger partial charge >= 0.3 is 0 Å². The van der Waals surface area contributed by atoms with E-state index < -0.39 is 0 Å². The van der Waals surface area contributed by atoms with Crippen LogP contribution < -0.4 is 10.1 Å². The van der Waals surface area contributed by atoms with E-state index >= 15 is 0 Å². The molecule has 1 atom stereocenters. The van der Waals surface area contributed by atoms with E-state index in [0.29, 0.717) is 6.61 Å². The molecule has 2 rings (SSSR count). The molecule has 1 aliphatic heterocycles. The van der Waals surface area contributed by atoms with E-state index in [1.54, 1.807) is 0 Å². The summed E-state index contributed by atoms with van der Waals surface area (Å²) < 4.78 is 11.6. The maximum absolute atomic E-state index is 5.91. The van der Waals surface area contributed by atoms with Crippen LogP contribution >= 0.6 is 0 Å². The molecule has 18 heavy (non-hydrogen) atoms. The van der Waals surface area contributed by atoms with Crippen LogP contribution in [0.5, 0.6) is 5.75 Å². The maximum atomic E-state index is 5.91. The van der Waals surface area contributed by atoms with E-state index in [9.17, 15) is 0 Å². The minimum Gasteiger partial charge on any atom is -0.491 e. The Hall–Kier alpha value is -1.06. The molecule has 1 aliphatic rings. The van der Waals surface area contributed by atoms with Crippen molar-refractivity contribution < 1.29 is 9.47 Å². The Morgan fingerprint density at radius 1 is 1.33 bits per heavy atom. The van der Waals surface area contributed by atoms with E-state index in [0.717, 1.165) is 31.9 Å². The van der Waals surface area contributed by atoms with Gasteiger partial charge in [-0.1, -0.05) is 25.1 Å². The Kier molecular flexibility index (Phi) is 5.49. The molecule has 1 unspecified atom stereocenters. The molecule has 3 heteroatoms. The van der Waals surface area contributed by atoms with Crippen molar-refractivity contribution in [3.8, 4) is 5.75 Å². The van der Waals surface area contributed by atoms with Crippen molar-refractivity contribution in [1.82, 2.24) is 5.32 Å². The second-order valence-electron chi connectivity index (χ2n) is 4.69. The summed E-state index contributed by atoms with van der Waals surface area (Å²) in [5.41, 5.74) is 1.22. The minimum absolute atomic E-state index is 0.269. The Bertz CT molecular complexity index is 348. The van der Waals surface area contributed by atoms with Gasteiger partial charge in [-0.25, -0.2) is 0 Å². The number of benzene rings is 1. The van der Waals surface area contributed by atoms with Gasteiger partial charge in [0.05, 0.1) is 6.10 Å². The Morgan fingerprint density at radius 3 is 3.00 bits per heavy atom. The molecule has 0 amide bonds. The second-order valence-corrected chi connectivity index (χ2v) is 4.69. The van der Waals surface area contributed by atoms with Crippen LogP contribution in [-0.2, 0) is 11.3 Å². The smallest absolute Gasteiger partial charge is 0.123 e. The topological polar surface area (TPSA) is 30.5 Å². The molecule has 0 saturated carbocycles. The highest BCUT2D eigenvalue weighted by Gasteiger charge is 2.15. The van der Waals surface area contributed by atoms with Crippen LogP contribution in [0.1, 0.15) is 31.7 Å². The highest BCUT2D eigenvalue weighted by Crippen LogP contribution is 2.20. The third-order valence-corrected chi connectivity index (χ3v) is 3.24. The zero-order valence-electron chi connectivity index (χ0n) is 11.2. The van der Waals surface area contributed by atoms with Crippen LogP contribution in [-0.4, -0.2) is 25.9 Å². The number of nitrogens with one attached hydrogen (secondary N) is 1. The van der Waals surface area contributed by atoms with Crippen LogP contribution in [0.15, 0.2) is 24.3 Å². The van der Waals surface area contributed by atoms with Gasteiger partial charge in [0, 0.05) is 18.7 Å². The quantitative estimate of drug-likeness (QED) is 0.841. The van der Waals surface area contributed by atoms with Gasteiger partial charge in [-0.15, -0.1) is 0 Å². The average Bonchev–Trinajstić information content (AvgIpc) is 2.45. The van der Waals surface area contributed by atoms with Crippen LogP contribution in [0.25, 0.3) is 0 Å². The molecule has 0 bridgehead atoms. The molecule has 1 fully saturated rings. The van der Waals surface area contributed by atoms with Gasteiger partial charge in [-0.05, 0) is 31.9 Å². The fraction of sp³-hybridized carbons (Fsp3) is 0.600.